The summed E-state index contributed by atoms with van der Waals surface area (Å²) in [4.78, 5) is 26.4. The van der Waals surface area contributed by atoms with Crippen molar-refractivity contribution in [1.82, 2.24) is 0 Å². The number of amides is 2. The van der Waals surface area contributed by atoms with Crippen molar-refractivity contribution in [2.75, 3.05) is 30.5 Å². The minimum absolute atomic E-state index is 0.0699. The molecule has 1 aliphatic rings. The Hall–Kier alpha value is -3.02. The average Bonchev–Trinajstić information content (AvgIpc) is 3.14. The maximum atomic E-state index is 12.6. The molecule has 6 heteroatoms. The Morgan fingerprint density at radius 2 is 1.96 bits per heavy atom. The van der Waals surface area contributed by atoms with E-state index >= 15 is 0 Å². The van der Waals surface area contributed by atoms with Crippen molar-refractivity contribution in [3.63, 3.8) is 0 Å². The fraction of sp³-hybridized carbons (Fsp3) is 0.364. The molecular formula is C22H26N2O4. The van der Waals surface area contributed by atoms with E-state index in [2.05, 4.69) is 12.2 Å². The number of anilines is 2. The molecule has 1 N–H and O–H groups in total. The van der Waals surface area contributed by atoms with E-state index in [9.17, 15) is 9.59 Å². The molecule has 2 aromatic rings. The Labute approximate surface area is 165 Å². The lowest BCUT2D eigenvalue weighted by Gasteiger charge is -2.20. The average molecular weight is 382 g/mol. The Morgan fingerprint density at radius 1 is 1.18 bits per heavy atom. The lowest BCUT2D eigenvalue weighted by molar-refractivity contribution is -0.117. The van der Waals surface area contributed by atoms with Crippen LogP contribution in [-0.2, 0) is 4.79 Å². The first-order valence-corrected chi connectivity index (χ1v) is 9.65. The van der Waals surface area contributed by atoms with Gasteiger partial charge in [0.25, 0.3) is 5.91 Å². The number of methoxy groups -OCH3 is 1. The van der Waals surface area contributed by atoms with Crippen LogP contribution in [0.2, 0.25) is 0 Å². The molecule has 2 amide bonds. The molecule has 0 saturated carbocycles. The van der Waals surface area contributed by atoms with Gasteiger partial charge in [0.05, 0.1) is 19.4 Å². The quantitative estimate of drug-likeness (QED) is 0.693. The smallest absolute Gasteiger partial charge is 0.255 e. The molecule has 28 heavy (non-hydrogen) atoms. The molecule has 3 rings (SSSR count). The first-order valence-electron chi connectivity index (χ1n) is 9.65. The second-order valence-electron chi connectivity index (χ2n) is 6.72. The normalized spacial score (nSPS) is 13.5. The van der Waals surface area contributed by atoms with Gasteiger partial charge in [0.15, 0.2) is 0 Å². The van der Waals surface area contributed by atoms with Gasteiger partial charge < -0.3 is 19.7 Å². The molecule has 0 radical (unpaired) electrons. The fourth-order valence-electron chi connectivity index (χ4n) is 3.12. The van der Waals surface area contributed by atoms with Crippen LogP contribution in [0.4, 0.5) is 11.4 Å². The largest absolute Gasteiger partial charge is 0.495 e. The van der Waals surface area contributed by atoms with Crippen molar-refractivity contribution in [2.45, 2.75) is 32.6 Å². The van der Waals surface area contributed by atoms with Gasteiger partial charge in [-0.2, -0.15) is 0 Å². The second kappa shape index (κ2) is 9.26. The zero-order valence-corrected chi connectivity index (χ0v) is 16.4. The number of carbonyl (C=O) groups is 2. The predicted octanol–water partition coefficient (Wildman–Crippen LogP) is 4.25. The highest BCUT2D eigenvalue weighted by molar-refractivity contribution is 6.05. The number of carbonyl (C=O) groups excluding carboxylic acids is 2. The van der Waals surface area contributed by atoms with Crippen molar-refractivity contribution in [1.29, 1.82) is 0 Å². The number of benzene rings is 2. The van der Waals surface area contributed by atoms with E-state index < -0.39 is 0 Å². The number of nitrogens with zero attached hydrogens (tertiary/aromatic N) is 1. The summed E-state index contributed by atoms with van der Waals surface area (Å²) in [5, 5.41) is 2.89. The van der Waals surface area contributed by atoms with Gasteiger partial charge in [-0.25, -0.2) is 0 Å². The standard InChI is InChI=1S/C22H26N2O4/c1-3-4-14-28-18-10-7-16(8-11-18)22(26)23-17-9-12-20(27-2)19(15-17)24-13-5-6-21(24)25/h7-12,15H,3-6,13-14H2,1-2H3,(H,23,26). The molecule has 0 aliphatic carbocycles. The molecule has 1 saturated heterocycles. The van der Waals surface area contributed by atoms with Crippen LogP contribution in [-0.4, -0.2) is 32.1 Å². The van der Waals surface area contributed by atoms with E-state index in [1.807, 2.05) is 0 Å². The summed E-state index contributed by atoms with van der Waals surface area (Å²) in [5.74, 6) is 1.22. The number of ether oxygens (including phenoxy) is 2. The van der Waals surface area contributed by atoms with Gasteiger partial charge in [-0.3, -0.25) is 9.59 Å². The summed E-state index contributed by atoms with van der Waals surface area (Å²) < 4.78 is 11.0. The monoisotopic (exact) mass is 382 g/mol. The van der Waals surface area contributed by atoms with E-state index in [-0.39, 0.29) is 11.8 Å². The third-order valence-corrected chi connectivity index (χ3v) is 4.68. The van der Waals surface area contributed by atoms with Gasteiger partial charge >= 0.3 is 0 Å². The topological polar surface area (TPSA) is 67.9 Å². The van der Waals surface area contributed by atoms with E-state index in [1.54, 1.807) is 54.5 Å². The Balaban J connectivity index is 1.70. The molecule has 0 atom stereocenters. The highest BCUT2D eigenvalue weighted by Crippen LogP contribution is 2.34. The molecule has 6 nitrogen and oxygen atoms in total. The highest BCUT2D eigenvalue weighted by atomic mass is 16.5. The van der Waals surface area contributed by atoms with E-state index in [1.165, 1.54) is 0 Å². The summed E-state index contributed by atoms with van der Waals surface area (Å²) in [7, 11) is 1.57. The molecule has 0 bridgehead atoms. The number of hydrogen-bond acceptors (Lipinski definition) is 4. The fourth-order valence-corrected chi connectivity index (χ4v) is 3.12. The molecule has 1 heterocycles. The van der Waals surface area contributed by atoms with Crippen LogP contribution >= 0.6 is 0 Å². The Kier molecular flexibility index (Phi) is 6.53. The summed E-state index contributed by atoms with van der Waals surface area (Å²) in [6.07, 6.45) is 3.44. The summed E-state index contributed by atoms with van der Waals surface area (Å²) in [6.45, 7) is 3.44. The maximum absolute atomic E-state index is 12.6. The van der Waals surface area contributed by atoms with Gasteiger partial charge in [0, 0.05) is 24.2 Å². The van der Waals surface area contributed by atoms with Crippen LogP contribution in [0.5, 0.6) is 11.5 Å². The number of rotatable bonds is 8. The van der Waals surface area contributed by atoms with Crippen molar-refractivity contribution in [3.05, 3.63) is 48.0 Å². The van der Waals surface area contributed by atoms with Crippen LogP contribution in [0.1, 0.15) is 43.0 Å². The predicted molar refractivity (Wildman–Crippen MR) is 109 cm³/mol. The van der Waals surface area contributed by atoms with Crippen LogP contribution in [0.25, 0.3) is 0 Å². The zero-order chi connectivity index (χ0) is 19.9. The van der Waals surface area contributed by atoms with Gasteiger partial charge in [0.2, 0.25) is 5.91 Å². The molecular weight excluding hydrogens is 356 g/mol. The van der Waals surface area contributed by atoms with Gasteiger partial charge in [-0.05, 0) is 55.3 Å². The van der Waals surface area contributed by atoms with Gasteiger partial charge in [-0.1, -0.05) is 13.3 Å². The van der Waals surface area contributed by atoms with Crippen LogP contribution < -0.4 is 19.7 Å². The number of hydrogen-bond donors (Lipinski definition) is 1. The number of nitrogens with one attached hydrogen (secondary N) is 1. The molecule has 148 valence electrons. The van der Waals surface area contributed by atoms with E-state index in [0.717, 1.165) is 25.0 Å². The summed E-state index contributed by atoms with van der Waals surface area (Å²) >= 11 is 0. The van der Waals surface area contributed by atoms with Gasteiger partial charge in [-0.15, -0.1) is 0 Å². The minimum Gasteiger partial charge on any atom is -0.495 e. The Bertz CT molecular complexity index is 833. The summed E-state index contributed by atoms with van der Waals surface area (Å²) in [5.41, 5.74) is 1.84. The minimum atomic E-state index is -0.219. The van der Waals surface area contributed by atoms with Crippen molar-refractivity contribution in [3.8, 4) is 11.5 Å². The molecule has 0 spiro atoms. The van der Waals surface area contributed by atoms with Crippen LogP contribution in [0.15, 0.2) is 42.5 Å². The van der Waals surface area contributed by atoms with Crippen molar-refractivity contribution < 1.29 is 19.1 Å². The van der Waals surface area contributed by atoms with Gasteiger partial charge in [0.1, 0.15) is 11.5 Å². The third-order valence-electron chi connectivity index (χ3n) is 4.68. The van der Waals surface area contributed by atoms with Crippen LogP contribution in [0, 0.1) is 0 Å². The molecule has 1 aliphatic heterocycles. The maximum Gasteiger partial charge on any atom is 0.255 e. The highest BCUT2D eigenvalue weighted by Gasteiger charge is 2.25. The first-order chi connectivity index (χ1) is 13.6. The van der Waals surface area contributed by atoms with Crippen LogP contribution in [0.3, 0.4) is 0 Å². The molecule has 0 aromatic heterocycles. The second-order valence-corrected chi connectivity index (χ2v) is 6.72. The molecule has 2 aromatic carbocycles. The van der Waals surface area contributed by atoms with Crippen molar-refractivity contribution in [2.24, 2.45) is 0 Å². The van der Waals surface area contributed by atoms with E-state index in [0.29, 0.717) is 42.3 Å². The lowest BCUT2D eigenvalue weighted by atomic mass is 10.2. The third kappa shape index (κ3) is 4.63. The first kappa shape index (κ1) is 19.7. The molecule has 1 fully saturated rings. The lowest BCUT2D eigenvalue weighted by Crippen LogP contribution is -2.24. The SMILES string of the molecule is CCCCOc1ccc(C(=O)Nc2ccc(OC)c(N3CCCC3=O)c2)cc1. The zero-order valence-electron chi connectivity index (χ0n) is 16.4. The summed E-state index contributed by atoms with van der Waals surface area (Å²) in [6, 6.07) is 12.4. The van der Waals surface area contributed by atoms with E-state index in [4.69, 9.17) is 9.47 Å². The number of unbranched alkanes of at least 4 members (excludes halogenated alkanes) is 1. The molecule has 0 unspecified atom stereocenters. The Morgan fingerprint density at radius 3 is 2.61 bits per heavy atom. The van der Waals surface area contributed by atoms with Crippen molar-refractivity contribution >= 4 is 23.2 Å².